The molecule has 5 rings (SSSR count). The lowest BCUT2D eigenvalue weighted by atomic mass is 10.0. The molecule has 0 radical (unpaired) electrons. The van der Waals surface area contributed by atoms with Crippen molar-refractivity contribution in [2.45, 2.75) is 33.4 Å². The van der Waals surface area contributed by atoms with Crippen LogP contribution in [0.4, 0.5) is 11.6 Å². The molecule has 1 aliphatic rings. The van der Waals surface area contributed by atoms with Crippen molar-refractivity contribution < 1.29 is 4.79 Å². The van der Waals surface area contributed by atoms with Crippen LogP contribution in [0.15, 0.2) is 55.1 Å². The van der Waals surface area contributed by atoms with Crippen molar-refractivity contribution >= 4 is 28.6 Å². The number of aryl methyl sites for hydroxylation is 2. The first-order valence-electron chi connectivity index (χ1n) is 11.9. The Labute approximate surface area is 204 Å². The largest absolute Gasteiger partial charge is 0.353 e. The van der Waals surface area contributed by atoms with Gasteiger partial charge in [-0.3, -0.25) is 4.79 Å². The predicted octanol–water partition coefficient (Wildman–Crippen LogP) is 3.04. The number of carbonyl (C=O) groups excluding carboxylic acids is 1. The van der Waals surface area contributed by atoms with Gasteiger partial charge in [0.25, 0.3) is 0 Å². The molecule has 3 aromatic heterocycles. The fourth-order valence-electron chi connectivity index (χ4n) is 4.48. The lowest BCUT2D eigenvalue weighted by Crippen LogP contribution is -2.47. The highest BCUT2D eigenvalue weighted by atomic mass is 16.2. The Bertz CT molecular complexity index is 1330. The number of rotatable bonds is 6. The fourth-order valence-corrected chi connectivity index (χ4v) is 4.48. The van der Waals surface area contributed by atoms with Crippen molar-refractivity contribution in [2.75, 3.05) is 36.0 Å². The summed E-state index contributed by atoms with van der Waals surface area (Å²) in [5.41, 5.74) is 4.20. The van der Waals surface area contributed by atoms with Crippen molar-refractivity contribution in [2.24, 2.45) is 0 Å². The maximum Gasteiger partial charge on any atom is 0.242 e. The van der Waals surface area contributed by atoms with E-state index in [1.165, 1.54) is 11.1 Å². The van der Waals surface area contributed by atoms with Gasteiger partial charge in [-0.2, -0.15) is 5.10 Å². The normalized spacial score (nSPS) is 14.8. The van der Waals surface area contributed by atoms with Gasteiger partial charge in [-0.1, -0.05) is 24.3 Å². The van der Waals surface area contributed by atoms with Gasteiger partial charge in [0.05, 0.1) is 17.6 Å². The van der Waals surface area contributed by atoms with Crippen LogP contribution >= 0.6 is 0 Å². The van der Waals surface area contributed by atoms with Crippen LogP contribution < -0.4 is 15.1 Å². The van der Waals surface area contributed by atoms with Crippen LogP contribution in [0.1, 0.15) is 29.7 Å². The van der Waals surface area contributed by atoms with Crippen molar-refractivity contribution in [1.29, 1.82) is 0 Å². The van der Waals surface area contributed by atoms with Gasteiger partial charge in [-0.05, 0) is 49.6 Å². The zero-order valence-corrected chi connectivity index (χ0v) is 20.3. The second kappa shape index (κ2) is 9.69. The maximum absolute atomic E-state index is 12.8. The second-order valence-electron chi connectivity index (χ2n) is 9.03. The van der Waals surface area contributed by atoms with Gasteiger partial charge < -0.3 is 15.1 Å². The number of amides is 1. The number of hydrogen-bond donors (Lipinski definition) is 1. The van der Waals surface area contributed by atoms with Gasteiger partial charge in [0, 0.05) is 32.4 Å². The molecule has 0 bridgehead atoms. The molecular weight excluding hydrogens is 440 g/mol. The van der Waals surface area contributed by atoms with Crippen LogP contribution in [0.3, 0.4) is 0 Å². The molecule has 4 heterocycles. The van der Waals surface area contributed by atoms with Gasteiger partial charge in [0.2, 0.25) is 5.91 Å². The molecule has 1 N–H and O–H groups in total. The predicted molar refractivity (Wildman–Crippen MR) is 136 cm³/mol. The zero-order chi connectivity index (χ0) is 24.4. The molecule has 1 saturated heterocycles. The Kier molecular flexibility index (Phi) is 6.31. The molecule has 9 nitrogen and oxygen atoms in total. The Balaban J connectivity index is 1.26. The van der Waals surface area contributed by atoms with Gasteiger partial charge >= 0.3 is 0 Å². The number of benzene rings is 1. The summed E-state index contributed by atoms with van der Waals surface area (Å²) < 4.78 is 1.65. The molecule has 0 spiro atoms. The summed E-state index contributed by atoms with van der Waals surface area (Å²) in [5, 5.41) is 8.40. The molecule has 1 aliphatic heterocycles. The van der Waals surface area contributed by atoms with Gasteiger partial charge in [-0.15, -0.1) is 0 Å². The molecule has 1 fully saturated rings. The Morgan fingerprint density at radius 2 is 1.80 bits per heavy atom. The Morgan fingerprint density at radius 1 is 1.00 bits per heavy atom. The van der Waals surface area contributed by atoms with E-state index in [1.807, 2.05) is 31.3 Å². The minimum atomic E-state index is -0.107. The summed E-state index contributed by atoms with van der Waals surface area (Å²) in [5.74, 6) is 1.74. The first kappa shape index (κ1) is 22.8. The maximum atomic E-state index is 12.8. The van der Waals surface area contributed by atoms with E-state index in [0.29, 0.717) is 5.65 Å². The van der Waals surface area contributed by atoms with E-state index < -0.39 is 0 Å². The van der Waals surface area contributed by atoms with Crippen molar-refractivity contribution in [3.63, 3.8) is 0 Å². The topological polar surface area (TPSA) is 92.1 Å². The van der Waals surface area contributed by atoms with E-state index in [0.717, 1.165) is 48.8 Å². The highest BCUT2D eigenvalue weighted by molar-refractivity contribution is 5.88. The molecule has 1 aromatic carbocycles. The minimum Gasteiger partial charge on any atom is -0.353 e. The number of carbonyl (C=O) groups is 1. The number of nitrogens with one attached hydrogen (secondary N) is 1. The third kappa shape index (κ3) is 4.80. The lowest BCUT2D eigenvalue weighted by molar-refractivity contribution is -0.122. The van der Waals surface area contributed by atoms with Crippen molar-refractivity contribution in [1.82, 2.24) is 30.0 Å². The number of hydrogen-bond acceptors (Lipinski definition) is 7. The molecule has 0 aliphatic carbocycles. The zero-order valence-electron chi connectivity index (χ0n) is 20.3. The fraction of sp³-hybridized carbons (Fsp3) is 0.346. The number of anilines is 2. The van der Waals surface area contributed by atoms with E-state index in [-0.39, 0.29) is 18.5 Å². The highest BCUT2D eigenvalue weighted by Gasteiger charge is 2.22. The van der Waals surface area contributed by atoms with Gasteiger partial charge in [0.15, 0.2) is 5.65 Å². The third-order valence-corrected chi connectivity index (χ3v) is 6.67. The number of pyridine rings is 1. The van der Waals surface area contributed by atoms with Gasteiger partial charge in [0.1, 0.15) is 24.5 Å². The molecule has 9 heteroatoms. The molecule has 180 valence electrons. The molecule has 4 aromatic rings. The average Bonchev–Trinajstić information content (AvgIpc) is 3.29. The highest BCUT2D eigenvalue weighted by Crippen LogP contribution is 2.25. The smallest absolute Gasteiger partial charge is 0.242 e. The van der Waals surface area contributed by atoms with E-state index in [1.54, 1.807) is 17.2 Å². The van der Waals surface area contributed by atoms with Crippen LogP contribution in [0, 0.1) is 13.8 Å². The number of piperazine rings is 1. The summed E-state index contributed by atoms with van der Waals surface area (Å²) >= 11 is 0. The van der Waals surface area contributed by atoms with Crippen LogP contribution in [-0.4, -0.2) is 56.8 Å². The molecule has 1 atom stereocenters. The lowest BCUT2D eigenvalue weighted by Gasteiger charge is -2.36. The number of nitrogens with zero attached hydrogens (tertiary/aromatic N) is 7. The summed E-state index contributed by atoms with van der Waals surface area (Å²) in [6.07, 6.45) is 5.13. The van der Waals surface area contributed by atoms with Crippen molar-refractivity contribution in [3.05, 3.63) is 71.8 Å². The SMILES string of the molecule is Cc1ccc(C(C)NC(=O)Cn2ncc3c(N4CCN(c5ccccn5)CC4)ncnc32)cc1C. The van der Waals surface area contributed by atoms with E-state index in [2.05, 4.69) is 67.2 Å². The van der Waals surface area contributed by atoms with Crippen LogP contribution in [0.5, 0.6) is 0 Å². The molecule has 1 amide bonds. The molecule has 1 unspecified atom stereocenters. The number of fused-ring (bicyclic) bond motifs is 1. The standard InChI is InChI=1S/C26H30N8O/c1-18-7-8-21(14-19(18)2)20(3)31-24(35)16-34-26-22(15-30-34)25(28-17-29-26)33-12-10-32(11-13-33)23-6-4-5-9-27-23/h4-9,14-15,17,20H,10-13,16H2,1-3H3,(H,31,35). The molecule has 35 heavy (non-hydrogen) atoms. The monoisotopic (exact) mass is 470 g/mol. The second-order valence-corrected chi connectivity index (χ2v) is 9.03. The van der Waals surface area contributed by atoms with E-state index >= 15 is 0 Å². The third-order valence-electron chi connectivity index (χ3n) is 6.67. The molecule has 0 saturated carbocycles. The summed E-state index contributed by atoms with van der Waals surface area (Å²) in [4.78, 5) is 30.8. The average molecular weight is 471 g/mol. The number of aromatic nitrogens is 5. The Morgan fingerprint density at radius 3 is 2.54 bits per heavy atom. The quantitative estimate of drug-likeness (QED) is 0.463. The van der Waals surface area contributed by atoms with Crippen LogP contribution in [0.2, 0.25) is 0 Å². The first-order valence-corrected chi connectivity index (χ1v) is 11.9. The van der Waals surface area contributed by atoms with E-state index in [9.17, 15) is 4.79 Å². The summed E-state index contributed by atoms with van der Waals surface area (Å²) in [7, 11) is 0. The van der Waals surface area contributed by atoms with E-state index in [4.69, 9.17) is 0 Å². The minimum absolute atomic E-state index is 0.0933. The van der Waals surface area contributed by atoms with Crippen molar-refractivity contribution in [3.8, 4) is 0 Å². The van der Waals surface area contributed by atoms with Crippen LogP contribution in [0.25, 0.3) is 11.0 Å². The Hall–Kier alpha value is -4.01. The summed E-state index contributed by atoms with van der Waals surface area (Å²) in [6.45, 7) is 9.62. The molecular formula is C26H30N8O. The summed E-state index contributed by atoms with van der Waals surface area (Å²) in [6, 6.07) is 12.1. The van der Waals surface area contributed by atoms with Gasteiger partial charge in [-0.25, -0.2) is 19.6 Å². The first-order chi connectivity index (χ1) is 17.0. The van der Waals surface area contributed by atoms with Crippen LogP contribution in [-0.2, 0) is 11.3 Å².